The zero-order valence-electron chi connectivity index (χ0n) is 22.4. The predicted octanol–water partition coefficient (Wildman–Crippen LogP) is 6.28. The molecule has 0 unspecified atom stereocenters. The summed E-state index contributed by atoms with van der Waals surface area (Å²) in [5.41, 5.74) is 2.55. The second kappa shape index (κ2) is 10.5. The van der Waals surface area contributed by atoms with E-state index in [9.17, 15) is 4.79 Å². The van der Waals surface area contributed by atoms with Crippen LogP contribution in [0.5, 0.6) is 5.75 Å². The second-order valence-electron chi connectivity index (χ2n) is 11.6. The SMILES string of the molecule is COc1ccc(CN2C[C@]3(CC[C@](c4ccccc4)(N(C)C)CC3)N(CC3CCCCC3)C2=O)cc1. The molecule has 1 saturated heterocycles. The highest BCUT2D eigenvalue weighted by molar-refractivity contribution is 5.78. The van der Waals surface area contributed by atoms with Gasteiger partial charge >= 0.3 is 6.03 Å². The Bertz CT molecular complexity index is 1010. The molecule has 5 heteroatoms. The third-order valence-corrected chi connectivity index (χ3v) is 9.43. The van der Waals surface area contributed by atoms with E-state index < -0.39 is 0 Å². The maximum atomic E-state index is 14.0. The first kappa shape index (κ1) is 25.1. The van der Waals surface area contributed by atoms with Crippen LogP contribution in [0.1, 0.15) is 68.9 Å². The average Bonchev–Trinajstić information content (AvgIpc) is 3.16. The van der Waals surface area contributed by atoms with Crippen LogP contribution in [0.2, 0.25) is 0 Å². The van der Waals surface area contributed by atoms with Gasteiger partial charge in [-0.2, -0.15) is 0 Å². The molecule has 5 nitrogen and oxygen atoms in total. The van der Waals surface area contributed by atoms with E-state index in [2.05, 4.69) is 71.3 Å². The number of nitrogens with zero attached hydrogens (tertiary/aromatic N) is 3. The highest BCUT2D eigenvalue weighted by Crippen LogP contribution is 2.49. The Morgan fingerprint density at radius 2 is 1.58 bits per heavy atom. The number of carbonyl (C=O) groups excluding carboxylic acids is 1. The molecular weight excluding hydrogens is 446 g/mol. The van der Waals surface area contributed by atoms with E-state index in [1.807, 2.05) is 12.1 Å². The molecule has 0 aromatic heterocycles. The Balaban J connectivity index is 1.39. The van der Waals surface area contributed by atoms with Gasteiger partial charge in [-0.1, -0.05) is 61.7 Å². The van der Waals surface area contributed by atoms with E-state index in [4.69, 9.17) is 4.74 Å². The molecule has 1 spiro atoms. The summed E-state index contributed by atoms with van der Waals surface area (Å²) in [5, 5.41) is 0. The zero-order valence-corrected chi connectivity index (χ0v) is 22.4. The normalized spacial score (nSPS) is 27.3. The third kappa shape index (κ3) is 4.74. The molecule has 0 bridgehead atoms. The van der Waals surface area contributed by atoms with Crippen molar-refractivity contribution >= 4 is 6.03 Å². The maximum absolute atomic E-state index is 14.0. The lowest BCUT2D eigenvalue weighted by molar-refractivity contribution is 0.0183. The molecule has 1 aliphatic heterocycles. The molecule has 3 aliphatic rings. The van der Waals surface area contributed by atoms with Gasteiger partial charge in [0.1, 0.15) is 5.75 Å². The van der Waals surface area contributed by atoms with Gasteiger partial charge < -0.3 is 14.5 Å². The fraction of sp³-hybridized carbons (Fsp3) is 0.581. The molecule has 2 aromatic carbocycles. The molecule has 5 rings (SSSR count). The van der Waals surface area contributed by atoms with Gasteiger partial charge in [-0.05, 0) is 81.8 Å². The van der Waals surface area contributed by atoms with E-state index in [-0.39, 0.29) is 17.1 Å². The first-order valence-electron chi connectivity index (χ1n) is 13.9. The summed E-state index contributed by atoms with van der Waals surface area (Å²) in [5.74, 6) is 1.50. The van der Waals surface area contributed by atoms with Crippen LogP contribution in [0.4, 0.5) is 4.79 Å². The van der Waals surface area contributed by atoms with Gasteiger partial charge in [0.15, 0.2) is 0 Å². The standard InChI is InChI=1S/C31H43N3O2/c1-32(2)31(27-12-8-5-9-13-27)20-18-30(19-21-31)24-33(22-26-14-16-28(36-3)17-15-26)29(35)34(30)23-25-10-6-4-7-11-25/h5,8-9,12-17,25H,4,6-7,10-11,18-24H2,1-3H3/t30-,31+. The van der Waals surface area contributed by atoms with E-state index in [0.29, 0.717) is 12.5 Å². The number of hydrogen-bond donors (Lipinski definition) is 0. The molecule has 0 atom stereocenters. The van der Waals surface area contributed by atoms with Gasteiger partial charge in [0, 0.05) is 25.2 Å². The first-order valence-corrected chi connectivity index (χ1v) is 13.9. The van der Waals surface area contributed by atoms with Gasteiger partial charge in [0.05, 0.1) is 12.6 Å². The number of urea groups is 1. The first-order chi connectivity index (χ1) is 17.5. The molecular formula is C31H43N3O2. The fourth-order valence-corrected chi connectivity index (χ4v) is 7.16. The summed E-state index contributed by atoms with van der Waals surface area (Å²) in [4.78, 5) is 20.8. The Morgan fingerprint density at radius 3 is 2.19 bits per heavy atom. The molecule has 36 heavy (non-hydrogen) atoms. The summed E-state index contributed by atoms with van der Waals surface area (Å²) in [6.45, 7) is 2.43. The Labute approximate surface area is 217 Å². The molecule has 2 amide bonds. The number of methoxy groups -OCH3 is 1. The summed E-state index contributed by atoms with van der Waals surface area (Å²) >= 11 is 0. The van der Waals surface area contributed by atoms with Crippen molar-refractivity contribution < 1.29 is 9.53 Å². The van der Waals surface area contributed by atoms with Crippen molar-refractivity contribution in [3.63, 3.8) is 0 Å². The Morgan fingerprint density at radius 1 is 0.917 bits per heavy atom. The Hall–Kier alpha value is -2.53. The zero-order chi connectivity index (χ0) is 25.2. The van der Waals surface area contributed by atoms with Gasteiger partial charge in [-0.15, -0.1) is 0 Å². The van der Waals surface area contributed by atoms with Crippen LogP contribution in [0.3, 0.4) is 0 Å². The predicted molar refractivity (Wildman–Crippen MR) is 145 cm³/mol. The van der Waals surface area contributed by atoms with Crippen molar-refractivity contribution in [3.05, 3.63) is 65.7 Å². The molecule has 0 radical (unpaired) electrons. The monoisotopic (exact) mass is 489 g/mol. The largest absolute Gasteiger partial charge is 0.497 e. The third-order valence-electron chi connectivity index (χ3n) is 9.43. The van der Waals surface area contributed by atoms with E-state index in [1.165, 1.54) is 43.2 Å². The average molecular weight is 490 g/mol. The lowest BCUT2D eigenvalue weighted by Crippen LogP contribution is -2.56. The second-order valence-corrected chi connectivity index (χ2v) is 11.6. The number of hydrogen-bond acceptors (Lipinski definition) is 3. The minimum Gasteiger partial charge on any atom is -0.497 e. The van der Waals surface area contributed by atoms with Crippen LogP contribution in [0, 0.1) is 5.92 Å². The quantitative estimate of drug-likeness (QED) is 0.459. The summed E-state index contributed by atoms with van der Waals surface area (Å²) in [6, 6.07) is 19.4. The maximum Gasteiger partial charge on any atom is 0.320 e. The smallest absolute Gasteiger partial charge is 0.320 e. The molecule has 2 saturated carbocycles. The highest BCUT2D eigenvalue weighted by atomic mass is 16.5. The lowest BCUT2D eigenvalue weighted by Gasteiger charge is -2.51. The Kier molecular flexibility index (Phi) is 7.30. The highest BCUT2D eigenvalue weighted by Gasteiger charge is 2.54. The summed E-state index contributed by atoms with van der Waals surface area (Å²) in [6.07, 6.45) is 10.8. The number of carbonyl (C=O) groups is 1. The summed E-state index contributed by atoms with van der Waals surface area (Å²) in [7, 11) is 6.14. The molecule has 0 N–H and O–H groups in total. The van der Waals surface area contributed by atoms with Crippen molar-refractivity contribution in [1.29, 1.82) is 0 Å². The molecule has 2 aliphatic carbocycles. The molecule has 1 heterocycles. The van der Waals surface area contributed by atoms with Gasteiger partial charge in [-0.25, -0.2) is 4.79 Å². The van der Waals surface area contributed by atoms with Crippen LogP contribution in [0.25, 0.3) is 0 Å². The van der Waals surface area contributed by atoms with E-state index in [1.54, 1.807) is 7.11 Å². The van der Waals surface area contributed by atoms with E-state index in [0.717, 1.165) is 44.5 Å². The lowest BCUT2D eigenvalue weighted by atomic mass is 9.68. The number of rotatable bonds is 7. The van der Waals surface area contributed by atoms with E-state index >= 15 is 0 Å². The van der Waals surface area contributed by atoms with Crippen LogP contribution in [0.15, 0.2) is 54.6 Å². The minimum atomic E-state index is -0.0602. The van der Waals surface area contributed by atoms with Crippen LogP contribution >= 0.6 is 0 Å². The molecule has 194 valence electrons. The van der Waals surface area contributed by atoms with Crippen molar-refractivity contribution in [2.24, 2.45) is 5.92 Å². The molecule has 3 fully saturated rings. The van der Waals surface area contributed by atoms with Crippen molar-refractivity contribution in [2.45, 2.75) is 75.4 Å². The van der Waals surface area contributed by atoms with Crippen LogP contribution < -0.4 is 4.74 Å². The van der Waals surface area contributed by atoms with Crippen LogP contribution in [-0.4, -0.2) is 60.6 Å². The number of amides is 2. The minimum absolute atomic E-state index is 0.0372. The fourth-order valence-electron chi connectivity index (χ4n) is 7.16. The van der Waals surface area contributed by atoms with Gasteiger partial charge in [0.2, 0.25) is 0 Å². The van der Waals surface area contributed by atoms with Gasteiger partial charge in [0.25, 0.3) is 0 Å². The van der Waals surface area contributed by atoms with Crippen molar-refractivity contribution in [3.8, 4) is 5.75 Å². The van der Waals surface area contributed by atoms with Crippen molar-refractivity contribution in [2.75, 3.05) is 34.3 Å². The number of ether oxygens (including phenoxy) is 1. The van der Waals surface area contributed by atoms with Crippen molar-refractivity contribution in [1.82, 2.24) is 14.7 Å². The van der Waals surface area contributed by atoms with Crippen LogP contribution in [-0.2, 0) is 12.1 Å². The summed E-state index contributed by atoms with van der Waals surface area (Å²) < 4.78 is 5.33. The number of benzene rings is 2. The van der Waals surface area contributed by atoms with Gasteiger partial charge in [-0.3, -0.25) is 4.90 Å². The molecule has 2 aromatic rings. The topological polar surface area (TPSA) is 36.0 Å².